The Morgan fingerprint density at radius 1 is 0.914 bits per heavy atom. The molecular formula is C24H33N3O6S2. The Hall–Kier alpha value is -2.47. The van der Waals surface area contributed by atoms with Crippen molar-refractivity contribution >= 4 is 31.6 Å². The molecule has 2 aromatic carbocycles. The number of anilines is 1. The molecule has 3 rings (SSSR count). The molecule has 1 fully saturated rings. The van der Waals surface area contributed by atoms with E-state index in [4.69, 9.17) is 4.74 Å². The number of nitrogens with one attached hydrogen (secondary N) is 1. The number of nitrogens with zero attached hydrogens (tertiary/aromatic N) is 2. The van der Waals surface area contributed by atoms with Crippen molar-refractivity contribution in [3.63, 3.8) is 0 Å². The molecule has 9 nitrogen and oxygen atoms in total. The van der Waals surface area contributed by atoms with Crippen LogP contribution in [0, 0.1) is 0 Å². The average Bonchev–Trinajstić information content (AvgIpc) is 3.15. The quantitative estimate of drug-likeness (QED) is 0.538. The highest BCUT2D eigenvalue weighted by Gasteiger charge is 2.27. The SMILES string of the molecule is CCN(CC)S(=O)(=O)c1ccc(NC(=O)c2cc(S(=O)(=O)N3CCCCCC3)ccc2OC)cc1. The minimum Gasteiger partial charge on any atom is -0.496 e. The van der Waals surface area contributed by atoms with Crippen molar-refractivity contribution in [2.75, 3.05) is 38.6 Å². The van der Waals surface area contributed by atoms with Crippen LogP contribution in [0.4, 0.5) is 5.69 Å². The number of benzene rings is 2. The summed E-state index contributed by atoms with van der Waals surface area (Å²) in [5.74, 6) is -0.327. The zero-order chi connectivity index (χ0) is 25.6. The number of ether oxygens (including phenoxy) is 1. The minimum atomic E-state index is -3.75. The topological polar surface area (TPSA) is 113 Å². The molecule has 0 unspecified atom stereocenters. The maximum atomic E-state index is 13.2. The van der Waals surface area contributed by atoms with Gasteiger partial charge in [-0.25, -0.2) is 16.8 Å². The molecule has 0 radical (unpaired) electrons. The highest BCUT2D eigenvalue weighted by molar-refractivity contribution is 7.89. The van der Waals surface area contributed by atoms with Crippen LogP contribution in [-0.2, 0) is 20.0 Å². The summed E-state index contributed by atoms with van der Waals surface area (Å²) in [4.78, 5) is 13.2. The van der Waals surface area contributed by atoms with E-state index >= 15 is 0 Å². The third-order valence-electron chi connectivity index (χ3n) is 6.07. The van der Waals surface area contributed by atoms with E-state index in [0.29, 0.717) is 31.9 Å². The van der Waals surface area contributed by atoms with E-state index < -0.39 is 26.0 Å². The fourth-order valence-electron chi connectivity index (χ4n) is 4.08. The van der Waals surface area contributed by atoms with Gasteiger partial charge in [0.15, 0.2) is 0 Å². The van der Waals surface area contributed by atoms with Crippen LogP contribution in [0.25, 0.3) is 0 Å². The number of rotatable bonds is 9. The molecule has 0 saturated carbocycles. The van der Waals surface area contributed by atoms with Gasteiger partial charge in [0.2, 0.25) is 20.0 Å². The molecule has 1 aliphatic heterocycles. The smallest absolute Gasteiger partial charge is 0.259 e. The predicted molar refractivity (Wildman–Crippen MR) is 135 cm³/mol. The number of sulfonamides is 2. The summed E-state index contributed by atoms with van der Waals surface area (Å²) in [6.07, 6.45) is 3.61. The van der Waals surface area contributed by atoms with Crippen molar-refractivity contribution in [2.24, 2.45) is 0 Å². The first-order valence-corrected chi connectivity index (χ1v) is 14.6. The Morgan fingerprint density at radius 2 is 1.49 bits per heavy atom. The van der Waals surface area contributed by atoms with E-state index in [9.17, 15) is 21.6 Å². The molecular weight excluding hydrogens is 490 g/mol. The molecule has 0 aliphatic carbocycles. The van der Waals surface area contributed by atoms with Gasteiger partial charge in [0, 0.05) is 31.9 Å². The molecule has 0 bridgehead atoms. The highest BCUT2D eigenvalue weighted by Crippen LogP contribution is 2.27. The molecule has 1 heterocycles. The van der Waals surface area contributed by atoms with Crippen molar-refractivity contribution in [2.45, 2.75) is 49.3 Å². The van der Waals surface area contributed by atoms with E-state index in [1.807, 2.05) is 0 Å². The van der Waals surface area contributed by atoms with Crippen LogP contribution in [-0.4, -0.2) is 64.6 Å². The van der Waals surface area contributed by atoms with Crippen molar-refractivity contribution < 1.29 is 26.4 Å². The Morgan fingerprint density at radius 3 is 2.03 bits per heavy atom. The predicted octanol–water partition coefficient (Wildman–Crippen LogP) is 3.54. The first-order valence-electron chi connectivity index (χ1n) is 11.7. The van der Waals surface area contributed by atoms with Gasteiger partial charge in [0.25, 0.3) is 5.91 Å². The first kappa shape index (κ1) is 27.1. The molecule has 1 aliphatic rings. The Bertz CT molecular complexity index is 1230. The highest BCUT2D eigenvalue weighted by atomic mass is 32.2. The third kappa shape index (κ3) is 6.03. The van der Waals surface area contributed by atoms with Crippen molar-refractivity contribution in [3.8, 4) is 5.75 Å². The number of methoxy groups -OCH3 is 1. The third-order valence-corrected chi connectivity index (χ3v) is 10.0. The van der Waals surface area contributed by atoms with Gasteiger partial charge in [-0.3, -0.25) is 4.79 Å². The van der Waals surface area contributed by atoms with Crippen LogP contribution in [0.5, 0.6) is 5.75 Å². The van der Waals surface area contributed by atoms with E-state index in [0.717, 1.165) is 25.7 Å². The number of hydrogen-bond donors (Lipinski definition) is 1. The summed E-state index contributed by atoms with van der Waals surface area (Å²) in [5, 5.41) is 2.70. The van der Waals surface area contributed by atoms with Crippen molar-refractivity contribution in [3.05, 3.63) is 48.0 Å². The van der Waals surface area contributed by atoms with Crippen LogP contribution in [0.15, 0.2) is 52.3 Å². The lowest BCUT2D eigenvalue weighted by atomic mass is 10.2. The van der Waals surface area contributed by atoms with Gasteiger partial charge in [0.05, 0.1) is 22.5 Å². The largest absolute Gasteiger partial charge is 0.496 e. The van der Waals surface area contributed by atoms with Crippen LogP contribution >= 0.6 is 0 Å². The fraction of sp³-hybridized carbons (Fsp3) is 0.458. The van der Waals surface area contributed by atoms with Crippen molar-refractivity contribution in [1.82, 2.24) is 8.61 Å². The number of amides is 1. The zero-order valence-electron chi connectivity index (χ0n) is 20.4. The lowest BCUT2D eigenvalue weighted by molar-refractivity contribution is 0.102. The van der Waals surface area contributed by atoms with Crippen LogP contribution in [0.1, 0.15) is 49.9 Å². The Labute approximate surface area is 208 Å². The lowest BCUT2D eigenvalue weighted by Gasteiger charge is -2.21. The first-order chi connectivity index (χ1) is 16.6. The molecule has 2 aromatic rings. The maximum absolute atomic E-state index is 13.2. The van der Waals surface area contributed by atoms with Gasteiger partial charge in [-0.05, 0) is 55.3 Å². The average molecular weight is 524 g/mol. The van der Waals surface area contributed by atoms with Gasteiger partial charge in [0.1, 0.15) is 5.75 Å². The molecule has 1 N–H and O–H groups in total. The second kappa shape index (κ2) is 11.5. The number of carbonyl (C=O) groups excluding carboxylic acids is 1. The summed E-state index contributed by atoms with van der Waals surface area (Å²) in [5.41, 5.74) is 0.444. The van der Waals surface area contributed by atoms with Crippen molar-refractivity contribution in [1.29, 1.82) is 0 Å². The molecule has 35 heavy (non-hydrogen) atoms. The summed E-state index contributed by atoms with van der Waals surface area (Å²) in [6, 6.07) is 10.1. The van der Waals surface area contributed by atoms with Gasteiger partial charge in [-0.15, -0.1) is 0 Å². The Kier molecular flexibility index (Phi) is 8.92. The van der Waals surface area contributed by atoms with Crippen LogP contribution in [0.2, 0.25) is 0 Å². The van der Waals surface area contributed by atoms with E-state index in [-0.39, 0.29) is 21.1 Å². The Balaban J connectivity index is 1.85. The van der Waals surface area contributed by atoms with E-state index in [1.54, 1.807) is 13.8 Å². The lowest BCUT2D eigenvalue weighted by Crippen LogP contribution is -2.32. The fourth-order valence-corrected chi connectivity index (χ4v) is 7.08. The molecule has 0 aromatic heterocycles. The summed E-state index contributed by atoms with van der Waals surface area (Å²) >= 11 is 0. The summed E-state index contributed by atoms with van der Waals surface area (Å²) in [6.45, 7) is 5.16. The monoisotopic (exact) mass is 523 g/mol. The maximum Gasteiger partial charge on any atom is 0.259 e. The van der Waals surface area contributed by atoms with Gasteiger partial charge < -0.3 is 10.1 Å². The molecule has 0 spiro atoms. The van der Waals surface area contributed by atoms with Gasteiger partial charge >= 0.3 is 0 Å². The summed E-state index contributed by atoms with van der Waals surface area (Å²) in [7, 11) is -5.96. The van der Waals surface area contributed by atoms with Crippen LogP contribution < -0.4 is 10.1 Å². The molecule has 1 amide bonds. The molecule has 11 heteroatoms. The summed E-state index contributed by atoms with van der Waals surface area (Å²) < 4.78 is 59.9. The number of carbonyl (C=O) groups is 1. The van der Waals surface area contributed by atoms with E-state index in [1.165, 1.54) is 58.2 Å². The number of hydrogen-bond acceptors (Lipinski definition) is 6. The van der Waals surface area contributed by atoms with E-state index in [2.05, 4.69) is 5.32 Å². The second-order valence-electron chi connectivity index (χ2n) is 8.25. The molecule has 192 valence electrons. The minimum absolute atomic E-state index is 0.0333. The second-order valence-corrected chi connectivity index (χ2v) is 12.1. The molecule has 0 atom stereocenters. The van der Waals surface area contributed by atoms with Gasteiger partial charge in [-0.1, -0.05) is 26.7 Å². The zero-order valence-corrected chi connectivity index (χ0v) is 22.0. The molecule has 1 saturated heterocycles. The normalized spacial score (nSPS) is 15.5. The standard InChI is InChI=1S/C24H33N3O6S2/c1-4-26(5-2)34(29,30)20-12-10-19(11-13-20)25-24(28)22-18-21(14-15-23(22)33-3)35(31,32)27-16-8-6-7-9-17-27/h10-15,18H,4-9,16-17H2,1-3H3,(H,25,28). The van der Waals surface area contributed by atoms with Gasteiger partial charge in [-0.2, -0.15) is 8.61 Å². The van der Waals surface area contributed by atoms with Crippen LogP contribution in [0.3, 0.4) is 0 Å².